The number of hydrogen-bond donors (Lipinski definition) is 1. The molecule has 1 aliphatic heterocycles. The van der Waals surface area contributed by atoms with Gasteiger partial charge in [-0.15, -0.1) is 0 Å². The number of carbonyl (C=O) groups is 1. The smallest absolute Gasteiger partial charge is 0.243 e. The molecule has 9 nitrogen and oxygen atoms in total. The first-order valence-electron chi connectivity index (χ1n) is 12.2. The van der Waals surface area contributed by atoms with Crippen LogP contribution in [0.25, 0.3) is 0 Å². The third-order valence-electron chi connectivity index (χ3n) is 7.01. The first kappa shape index (κ1) is 24.7. The molecule has 2 unspecified atom stereocenters. The van der Waals surface area contributed by atoms with Crippen molar-refractivity contribution in [2.24, 2.45) is 13.0 Å². The molecule has 0 spiro atoms. The minimum atomic E-state index is -3.63. The van der Waals surface area contributed by atoms with Crippen LogP contribution in [0.5, 0.6) is 0 Å². The fourth-order valence-corrected chi connectivity index (χ4v) is 6.26. The van der Waals surface area contributed by atoms with E-state index in [1.54, 1.807) is 16.8 Å². The van der Waals surface area contributed by atoms with Crippen molar-refractivity contribution in [1.29, 1.82) is 0 Å². The molecule has 2 heterocycles. The summed E-state index contributed by atoms with van der Waals surface area (Å²) in [5, 5.41) is 7.30. The molecule has 1 saturated heterocycles. The molecule has 0 bridgehead atoms. The van der Waals surface area contributed by atoms with Gasteiger partial charge >= 0.3 is 0 Å². The summed E-state index contributed by atoms with van der Waals surface area (Å²) >= 11 is 0. The van der Waals surface area contributed by atoms with E-state index < -0.39 is 10.0 Å². The summed E-state index contributed by atoms with van der Waals surface area (Å²) in [6.07, 6.45) is 4.54. The molecular weight excluding hydrogens is 452 g/mol. The second-order valence-electron chi connectivity index (χ2n) is 9.07. The maximum Gasteiger partial charge on any atom is 0.243 e. The minimum Gasteiger partial charge on any atom is -0.367 e. The molecule has 1 amide bonds. The van der Waals surface area contributed by atoms with Gasteiger partial charge < -0.3 is 15.1 Å². The second kappa shape index (κ2) is 10.1. The highest BCUT2D eigenvalue weighted by Crippen LogP contribution is 2.48. The fourth-order valence-electron chi connectivity index (χ4n) is 4.78. The Morgan fingerprint density at radius 2 is 1.85 bits per heavy atom. The van der Waals surface area contributed by atoms with Crippen molar-refractivity contribution in [2.45, 2.75) is 38.0 Å². The number of benzene rings is 1. The van der Waals surface area contributed by atoms with Crippen LogP contribution in [0.3, 0.4) is 0 Å². The average Bonchev–Trinajstić information content (AvgIpc) is 3.53. The van der Waals surface area contributed by atoms with Crippen molar-refractivity contribution in [3.63, 3.8) is 0 Å². The number of likely N-dealkylation sites (N-methyl/N-ethyl adjacent to an activating group) is 1. The van der Waals surface area contributed by atoms with Gasteiger partial charge in [0.25, 0.3) is 0 Å². The Morgan fingerprint density at radius 1 is 1.15 bits per heavy atom. The van der Waals surface area contributed by atoms with E-state index in [1.165, 1.54) is 4.31 Å². The number of sulfonamides is 1. The number of hydrogen-bond acceptors (Lipinski definition) is 6. The highest BCUT2D eigenvalue weighted by atomic mass is 32.2. The molecule has 2 aliphatic rings. The Balaban J connectivity index is 1.60. The van der Waals surface area contributed by atoms with Crippen LogP contribution in [0, 0.1) is 5.92 Å². The van der Waals surface area contributed by atoms with Crippen LogP contribution in [0.4, 0.5) is 11.4 Å². The van der Waals surface area contributed by atoms with Crippen LogP contribution in [0.1, 0.15) is 38.7 Å². The highest BCUT2D eigenvalue weighted by molar-refractivity contribution is 7.89. The van der Waals surface area contributed by atoms with Gasteiger partial charge in [-0.25, -0.2) is 8.42 Å². The molecule has 2 aromatic rings. The van der Waals surface area contributed by atoms with Crippen LogP contribution in [0.15, 0.2) is 35.5 Å². The first-order valence-corrected chi connectivity index (χ1v) is 13.6. The molecule has 2 fully saturated rings. The summed E-state index contributed by atoms with van der Waals surface area (Å²) in [5.41, 5.74) is 2.51. The molecule has 0 radical (unpaired) electrons. The van der Waals surface area contributed by atoms with Crippen LogP contribution >= 0.6 is 0 Å². The predicted octanol–water partition coefficient (Wildman–Crippen LogP) is 2.33. The third kappa shape index (κ3) is 4.99. The van der Waals surface area contributed by atoms with Crippen LogP contribution in [-0.4, -0.2) is 79.1 Å². The second-order valence-corrected chi connectivity index (χ2v) is 11.0. The summed E-state index contributed by atoms with van der Waals surface area (Å²) in [4.78, 5) is 18.0. The lowest BCUT2D eigenvalue weighted by Gasteiger charge is -2.36. The standard InChI is InChI=1S/C24H36N6O3S/c1-5-28-10-12-29(13-11-28)23-9-8-19(34(32,33)30(6-2)7-3)14-22(23)26-24(31)21-15-20(21)18-16-25-27(4)17-18/h8-9,14,16-17,20-21H,5-7,10-13,15H2,1-4H3,(H,26,31). The number of amides is 1. The molecule has 34 heavy (non-hydrogen) atoms. The van der Waals surface area contributed by atoms with Gasteiger partial charge in [-0.2, -0.15) is 9.40 Å². The molecule has 4 rings (SSSR count). The lowest BCUT2D eigenvalue weighted by atomic mass is 10.1. The largest absolute Gasteiger partial charge is 0.367 e. The summed E-state index contributed by atoms with van der Waals surface area (Å²) in [6, 6.07) is 5.15. The number of nitrogens with one attached hydrogen (secondary N) is 1. The van der Waals surface area contributed by atoms with E-state index in [-0.39, 0.29) is 22.6 Å². The Bertz CT molecular complexity index is 1120. The zero-order valence-corrected chi connectivity index (χ0v) is 21.4. The molecule has 186 valence electrons. The molecular formula is C24H36N6O3S. The maximum atomic E-state index is 13.2. The quantitative estimate of drug-likeness (QED) is 0.583. The highest BCUT2D eigenvalue weighted by Gasteiger charge is 2.45. The summed E-state index contributed by atoms with van der Waals surface area (Å²) in [7, 11) is -1.76. The van der Waals surface area contributed by atoms with Gasteiger partial charge in [0.05, 0.1) is 22.5 Å². The molecule has 1 aromatic heterocycles. The Hall–Kier alpha value is -2.43. The van der Waals surface area contributed by atoms with Gasteiger partial charge in [0.1, 0.15) is 0 Å². The minimum absolute atomic E-state index is 0.0697. The van der Waals surface area contributed by atoms with E-state index in [9.17, 15) is 13.2 Å². The zero-order chi connectivity index (χ0) is 24.5. The number of carbonyl (C=O) groups excluding carboxylic acids is 1. The maximum absolute atomic E-state index is 13.2. The molecule has 1 saturated carbocycles. The Labute approximate surface area is 202 Å². The van der Waals surface area contributed by atoms with Crippen LogP contribution < -0.4 is 10.2 Å². The summed E-state index contributed by atoms with van der Waals surface area (Å²) < 4.78 is 29.5. The topological polar surface area (TPSA) is 90.8 Å². The SMILES string of the molecule is CCN1CCN(c2ccc(S(=O)(=O)N(CC)CC)cc2NC(=O)C2CC2c2cnn(C)c2)CC1. The van der Waals surface area contributed by atoms with Crippen molar-refractivity contribution in [2.75, 3.05) is 56.0 Å². The monoisotopic (exact) mass is 488 g/mol. The van der Waals surface area contributed by atoms with Crippen molar-refractivity contribution >= 4 is 27.3 Å². The number of anilines is 2. The lowest BCUT2D eigenvalue weighted by Crippen LogP contribution is -2.46. The van der Waals surface area contributed by atoms with E-state index in [0.29, 0.717) is 18.8 Å². The van der Waals surface area contributed by atoms with Gasteiger partial charge in [-0.3, -0.25) is 9.48 Å². The molecule has 1 N–H and O–H groups in total. The van der Waals surface area contributed by atoms with E-state index in [2.05, 4.69) is 27.1 Å². The molecule has 1 aromatic carbocycles. The Kier molecular flexibility index (Phi) is 7.30. The molecule has 2 atom stereocenters. The van der Waals surface area contributed by atoms with Gasteiger partial charge in [-0.1, -0.05) is 20.8 Å². The van der Waals surface area contributed by atoms with Crippen molar-refractivity contribution in [3.05, 3.63) is 36.2 Å². The average molecular weight is 489 g/mol. The van der Waals surface area contributed by atoms with Crippen LogP contribution in [-0.2, 0) is 21.9 Å². The lowest BCUT2D eigenvalue weighted by molar-refractivity contribution is -0.117. The van der Waals surface area contributed by atoms with Crippen molar-refractivity contribution < 1.29 is 13.2 Å². The molecule has 10 heteroatoms. The van der Waals surface area contributed by atoms with E-state index in [1.807, 2.05) is 39.4 Å². The first-order chi connectivity index (χ1) is 16.3. The van der Waals surface area contributed by atoms with Crippen molar-refractivity contribution in [1.82, 2.24) is 19.0 Å². The number of piperazine rings is 1. The van der Waals surface area contributed by atoms with Crippen LogP contribution in [0.2, 0.25) is 0 Å². The van der Waals surface area contributed by atoms with Gasteiger partial charge in [0, 0.05) is 58.4 Å². The van der Waals surface area contributed by atoms with Gasteiger partial charge in [-0.05, 0) is 42.6 Å². The van der Waals surface area contributed by atoms with E-state index >= 15 is 0 Å². The van der Waals surface area contributed by atoms with E-state index in [0.717, 1.165) is 50.4 Å². The predicted molar refractivity (Wildman–Crippen MR) is 134 cm³/mol. The number of aryl methyl sites for hydroxylation is 1. The fraction of sp³-hybridized carbons (Fsp3) is 0.583. The summed E-state index contributed by atoms with van der Waals surface area (Å²) in [5.74, 6) is -0.0374. The number of aromatic nitrogens is 2. The van der Waals surface area contributed by atoms with E-state index in [4.69, 9.17) is 0 Å². The normalized spacial score (nSPS) is 21.1. The third-order valence-corrected chi connectivity index (χ3v) is 9.06. The molecule has 1 aliphatic carbocycles. The van der Waals surface area contributed by atoms with Gasteiger partial charge in [0.15, 0.2) is 0 Å². The van der Waals surface area contributed by atoms with Crippen molar-refractivity contribution in [3.8, 4) is 0 Å². The number of rotatable bonds is 9. The zero-order valence-electron chi connectivity index (χ0n) is 20.6. The summed E-state index contributed by atoms with van der Waals surface area (Å²) in [6.45, 7) is 11.2. The Morgan fingerprint density at radius 3 is 2.44 bits per heavy atom. The van der Waals surface area contributed by atoms with Gasteiger partial charge in [0.2, 0.25) is 15.9 Å². The number of nitrogens with zero attached hydrogens (tertiary/aromatic N) is 5.